The van der Waals surface area contributed by atoms with Gasteiger partial charge in [-0.1, -0.05) is 19.1 Å². The Labute approximate surface area is 157 Å². The number of amides is 1. The number of hydrogen-bond acceptors (Lipinski definition) is 4. The molecule has 5 nitrogen and oxygen atoms in total. The molecule has 2 aromatic carbocycles. The number of carbonyl (C=O) groups is 1. The van der Waals surface area contributed by atoms with Crippen molar-refractivity contribution in [3.8, 4) is 11.5 Å². The highest BCUT2D eigenvalue weighted by Crippen LogP contribution is 2.30. The first-order chi connectivity index (χ1) is 13.1. The van der Waals surface area contributed by atoms with Crippen molar-refractivity contribution in [2.75, 3.05) is 11.9 Å². The molecular formula is C21H21FN2O3. The normalized spacial score (nSPS) is 11.8. The molecule has 3 aromatic rings. The Morgan fingerprint density at radius 2 is 1.96 bits per heavy atom. The van der Waals surface area contributed by atoms with Gasteiger partial charge in [-0.3, -0.25) is 9.78 Å². The van der Waals surface area contributed by atoms with Crippen molar-refractivity contribution >= 4 is 22.5 Å². The lowest BCUT2D eigenvalue weighted by Gasteiger charge is -2.17. The van der Waals surface area contributed by atoms with E-state index in [4.69, 9.17) is 9.47 Å². The van der Waals surface area contributed by atoms with Crippen LogP contribution >= 0.6 is 0 Å². The Morgan fingerprint density at radius 1 is 1.15 bits per heavy atom. The van der Waals surface area contributed by atoms with Crippen molar-refractivity contribution in [2.45, 2.75) is 26.4 Å². The smallest absolute Gasteiger partial charge is 0.265 e. The van der Waals surface area contributed by atoms with Gasteiger partial charge in [-0.25, -0.2) is 4.39 Å². The molecule has 0 spiro atoms. The number of nitrogens with one attached hydrogen (secondary N) is 1. The molecule has 0 fully saturated rings. The van der Waals surface area contributed by atoms with E-state index in [1.54, 1.807) is 43.5 Å². The van der Waals surface area contributed by atoms with Crippen molar-refractivity contribution in [2.24, 2.45) is 0 Å². The summed E-state index contributed by atoms with van der Waals surface area (Å²) in [5.41, 5.74) is 1.27. The molecule has 1 N–H and O–H groups in total. The van der Waals surface area contributed by atoms with Crippen LogP contribution in [-0.4, -0.2) is 23.6 Å². The fourth-order valence-electron chi connectivity index (χ4n) is 2.60. The SMILES string of the molecule is CCCOc1ccc(NC(=O)[C@@H](C)Oc2ccccc2F)c2cccnc12. The summed E-state index contributed by atoms with van der Waals surface area (Å²) in [6.07, 6.45) is 1.69. The quantitative estimate of drug-likeness (QED) is 0.664. The van der Waals surface area contributed by atoms with Gasteiger partial charge in [0.15, 0.2) is 17.7 Å². The van der Waals surface area contributed by atoms with Crippen molar-refractivity contribution in [1.82, 2.24) is 4.98 Å². The number of carbonyl (C=O) groups excluding carboxylic acids is 1. The van der Waals surface area contributed by atoms with Gasteiger partial charge >= 0.3 is 0 Å². The summed E-state index contributed by atoms with van der Waals surface area (Å²) in [4.78, 5) is 16.9. The van der Waals surface area contributed by atoms with Crippen molar-refractivity contribution in [3.05, 3.63) is 60.5 Å². The lowest BCUT2D eigenvalue weighted by atomic mass is 10.1. The number of hydrogen-bond donors (Lipinski definition) is 1. The lowest BCUT2D eigenvalue weighted by Crippen LogP contribution is -2.30. The number of pyridine rings is 1. The van der Waals surface area contributed by atoms with Crippen LogP contribution in [0.4, 0.5) is 10.1 Å². The van der Waals surface area contributed by atoms with E-state index in [0.717, 1.165) is 11.8 Å². The van der Waals surface area contributed by atoms with Crippen molar-refractivity contribution in [1.29, 1.82) is 0 Å². The van der Waals surface area contributed by atoms with Gasteiger partial charge in [0, 0.05) is 11.6 Å². The van der Waals surface area contributed by atoms with Crippen LogP contribution in [0.15, 0.2) is 54.7 Å². The lowest BCUT2D eigenvalue weighted by molar-refractivity contribution is -0.122. The molecule has 27 heavy (non-hydrogen) atoms. The molecule has 0 bridgehead atoms. The zero-order valence-electron chi connectivity index (χ0n) is 15.2. The summed E-state index contributed by atoms with van der Waals surface area (Å²) in [5, 5.41) is 3.59. The van der Waals surface area contributed by atoms with Crippen LogP contribution in [0.2, 0.25) is 0 Å². The molecule has 0 aliphatic heterocycles. The average molecular weight is 368 g/mol. The Hall–Kier alpha value is -3.15. The Morgan fingerprint density at radius 3 is 2.74 bits per heavy atom. The summed E-state index contributed by atoms with van der Waals surface area (Å²) >= 11 is 0. The molecule has 1 aromatic heterocycles. The van der Waals surface area contributed by atoms with Gasteiger partial charge < -0.3 is 14.8 Å². The van der Waals surface area contributed by atoms with Crippen LogP contribution in [-0.2, 0) is 4.79 Å². The predicted molar refractivity (Wildman–Crippen MR) is 103 cm³/mol. The van der Waals surface area contributed by atoms with Crippen LogP contribution in [0, 0.1) is 5.82 Å². The topological polar surface area (TPSA) is 60.5 Å². The van der Waals surface area contributed by atoms with Gasteiger partial charge in [-0.05, 0) is 49.7 Å². The summed E-state index contributed by atoms with van der Waals surface area (Å²) in [7, 11) is 0. The first kappa shape index (κ1) is 18.6. The predicted octanol–water partition coefficient (Wildman–Crippen LogP) is 4.57. The molecule has 0 aliphatic rings. The maximum absolute atomic E-state index is 13.7. The van der Waals surface area contributed by atoms with E-state index in [2.05, 4.69) is 10.3 Å². The third kappa shape index (κ3) is 4.34. The van der Waals surface area contributed by atoms with Gasteiger partial charge in [-0.15, -0.1) is 0 Å². The summed E-state index contributed by atoms with van der Waals surface area (Å²) in [5.74, 6) is -0.189. The van der Waals surface area contributed by atoms with Gasteiger partial charge in [-0.2, -0.15) is 0 Å². The number of rotatable bonds is 7. The Kier molecular flexibility index (Phi) is 5.86. The standard InChI is InChI=1S/C21H21FN2O3/c1-3-13-26-19-11-10-17(15-7-6-12-23-20(15)19)24-21(25)14(2)27-18-9-5-4-8-16(18)22/h4-12,14H,3,13H2,1-2H3,(H,24,25)/t14-/m1/s1. The number of fused-ring (bicyclic) bond motifs is 1. The van der Waals surface area contributed by atoms with Crippen LogP contribution < -0.4 is 14.8 Å². The number of benzene rings is 2. The fourth-order valence-corrected chi connectivity index (χ4v) is 2.60. The summed E-state index contributed by atoms with van der Waals surface area (Å²) in [6.45, 7) is 4.19. The second kappa shape index (κ2) is 8.49. The molecule has 1 atom stereocenters. The first-order valence-corrected chi connectivity index (χ1v) is 8.82. The van der Waals surface area contributed by atoms with E-state index in [9.17, 15) is 9.18 Å². The van der Waals surface area contributed by atoms with E-state index >= 15 is 0 Å². The zero-order valence-corrected chi connectivity index (χ0v) is 15.2. The highest BCUT2D eigenvalue weighted by Gasteiger charge is 2.18. The second-order valence-electron chi connectivity index (χ2n) is 6.04. The average Bonchev–Trinajstić information content (AvgIpc) is 2.69. The molecule has 0 radical (unpaired) electrons. The second-order valence-corrected chi connectivity index (χ2v) is 6.04. The third-order valence-corrected chi connectivity index (χ3v) is 3.96. The molecule has 0 saturated heterocycles. The highest BCUT2D eigenvalue weighted by atomic mass is 19.1. The molecule has 0 unspecified atom stereocenters. The molecule has 0 saturated carbocycles. The van der Waals surface area contributed by atoms with Crippen molar-refractivity contribution < 1.29 is 18.7 Å². The first-order valence-electron chi connectivity index (χ1n) is 8.82. The Bertz CT molecular complexity index is 946. The minimum atomic E-state index is -0.871. The van der Waals surface area contributed by atoms with Crippen molar-refractivity contribution in [3.63, 3.8) is 0 Å². The van der Waals surface area contributed by atoms with E-state index < -0.39 is 11.9 Å². The fraction of sp³-hybridized carbons (Fsp3) is 0.238. The van der Waals surface area contributed by atoms with E-state index in [0.29, 0.717) is 23.6 Å². The summed E-state index contributed by atoms with van der Waals surface area (Å²) < 4.78 is 24.9. The monoisotopic (exact) mass is 368 g/mol. The van der Waals surface area contributed by atoms with Gasteiger partial charge in [0.1, 0.15) is 11.3 Å². The minimum absolute atomic E-state index is 0.0370. The molecular weight excluding hydrogens is 347 g/mol. The highest BCUT2D eigenvalue weighted by molar-refractivity contribution is 6.04. The van der Waals surface area contributed by atoms with E-state index in [1.807, 2.05) is 13.0 Å². The number of anilines is 1. The van der Waals surface area contributed by atoms with Crippen LogP contribution in [0.25, 0.3) is 10.9 Å². The minimum Gasteiger partial charge on any atom is -0.491 e. The molecule has 6 heteroatoms. The van der Waals surface area contributed by atoms with Gasteiger partial charge in [0.05, 0.1) is 12.3 Å². The largest absolute Gasteiger partial charge is 0.491 e. The third-order valence-electron chi connectivity index (χ3n) is 3.96. The van der Waals surface area contributed by atoms with Crippen LogP contribution in [0.5, 0.6) is 11.5 Å². The molecule has 1 heterocycles. The van der Waals surface area contributed by atoms with Crippen LogP contribution in [0.1, 0.15) is 20.3 Å². The number of nitrogens with zero attached hydrogens (tertiary/aromatic N) is 1. The number of aromatic nitrogens is 1. The molecule has 3 rings (SSSR count). The number of halogens is 1. The van der Waals surface area contributed by atoms with Gasteiger partial charge in [0.25, 0.3) is 5.91 Å². The van der Waals surface area contributed by atoms with E-state index in [-0.39, 0.29) is 11.7 Å². The number of para-hydroxylation sites is 1. The molecule has 140 valence electrons. The molecule has 0 aliphatic carbocycles. The number of ether oxygens (including phenoxy) is 2. The molecule has 1 amide bonds. The van der Waals surface area contributed by atoms with Gasteiger partial charge in [0.2, 0.25) is 0 Å². The zero-order chi connectivity index (χ0) is 19.2. The van der Waals surface area contributed by atoms with E-state index in [1.165, 1.54) is 12.1 Å². The van der Waals surface area contributed by atoms with Crippen LogP contribution in [0.3, 0.4) is 0 Å². The maximum atomic E-state index is 13.7. The Balaban J connectivity index is 1.79. The maximum Gasteiger partial charge on any atom is 0.265 e. The summed E-state index contributed by atoms with van der Waals surface area (Å²) in [6, 6.07) is 13.2.